The van der Waals surface area contributed by atoms with Crippen LogP contribution in [-0.2, 0) is 14.3 Å². The zero-order valence-corrected chi connectivity index (χ0v) is 10.9. The maximum atomic E-state index is 12.2. The number of hydrogen-bond acceptors (Lipinski definition) is 5. The van der Waals surface area contributed by atoms with Crippen LogP contribution in [0.5, 0.6) is 0 Å². The highest BCUT2D eigenvalue weighted by Gasteiger charge is 2.27. The average molecular weight is 258 g/mol. The van der Waals surface area contributed by atoms with E-state index in [4.69, 9.17) is 9.47 Å². The van der Waals surface area contributed by atoms with Crippen molar-refractivity contribution in [1.29, 1.82) is 0 Å². The lowest BCUT2D eigenvalue weighted by atomic mass is 10.2. The molecule has 0 spiro atoms. The summed E-state index contributed by atoms with van der Waals surface area (Å²) in [7, 11) is 0. The predicted octanol–water partition coefficient (Wildman–Crippen LogP) is -1.07. The summed E-state index contributed by atoms with van der Waals surface area (Å²) in [5.74, 6) is 0.116. The molecule has 2 rings (SSSR count). The molecule has 0 aliphatic carbocycles. The van der Waals surface area contributed by atoms with Crippen molar-refractivity contribution in [2.24, 2.45) is 0 Å². The Bertz CT molecular complexity index is 287. The van der Waals surface area contributed by atoms with E-state index in [-0.39, 0.29) is 24.7 Å². The van der Waals surface area contributed by atoms with E-state index in [0.717, 1.165) is 0 Å². The summed E-state index contributed by atoms with van der Waals surface area (Å²) >= 11 is 0. The third-order valence-corrected chi connectivity index (χ3v) is 3.49. The fourth-order valence-electron chi connectivity index (χ4n) is 2.38. The van der Waals surface area contributed by atoms with E-state index in [1.165, 1.54) is 0 Å². The van der Waals surface area contributed by atoms with Crippen LogP contribution in [0.25, 0.3) is 0 Å². The van der Waals surface area contributed by atoms with Gasteiger partial charge in [-0.2, -0.15) is 0 Å². The van der Waals surface area contributed by atoms with Crippen LogP contribution in [0.2, 0.25) is 0 Å². The van der Waals surface area contributed by atoms with E-state index in [1.54, 1.807) is 0 Å². The summed E-state index contributed by atoms with van der Waals surface area (Å²) in [5, 5.41) is 9.26. The van der Waals surface area contributed by atoms with Gasteiger partial charge in [0.1, 0.15) is 0 Å². The van der Waals surface area contributed by atoms with Gasteiger partial charge in [-0.3, -0.25) is 9.69 Å². The van der Waals surface area contributed by atoms with Crippen LogP contribution >= 0.6 is 0 Å². The summed E-state index contributed by atoms with van der Waals surface area (Å²) in [6.45, 7) is 6.14. The summed E-state index contributed by atoms with van der Waals surface area (Å²) in [6.07, 6.45) is 0.112. The van der Waals surface area contributed by atoms with Gasteiger partial charge in [-0.1, -0.05) is 0 Å². The fourth-order valence-corrected chi connectivity index (χ4v) is 2.38. The van der Waals surface area contributed by atoms with Crippen molar-refractivity contribution < 1.29 is 19.4 Å². The number of morpholine rings is 2. The highest BCUT2D eigenvalue weighted by Crippen LogP contribution is 2.09. The number of rotatable bonds is 3. The van der Waals surface area contributed by atoms with E-state index in [9.17, 15) is 9.90 Å². The second-order valence-electron chi connectivity index (χ2n) is 4.90. The topological polar surface area (TPSA) is 62.2 Å². The lowest BCUT2D eigenvalue weighted by Gasteiger charge is -2.37. The van der Waals surface area contributed by atoms with Gasteiger partial charge in [0, 0.05) is 19.6 Å². The van der Waals surface area contributed by atoms with E-state index in [0.29, 0.717) is 46.0 Å². The molecule has 2 aliphatic rings. The van der Waals surface area contributed by atoms with E-state index >= 15 is 0 Å². The molecular weight excluding hydrogens is 236 g/mol. The second-order valence-corrected chi connectivity index (χ2v) is 4.90. The molecule has 6 heteroatoms. The van der Waals surface area contributed by atoms with Gasteiger partial charge in [-0.25, -0.2) is 0 Å². The van der Waals surface area contributed by atoms with Crippen LogP contribution in [0.1, 0.15) is 6.92 Å². The van der Waals surface area contributed by atoms with Gasteiger partial charge >= 0.3 is 0 Å². The molecule has 0 aromatic rings. The number of hydrogen-bond donors (Lipinski definition) is 1. The number of aliphatic hydroxyl groups is 1. The molecule has 0 aromatic carbocycles. The monoisotopic (exact) mass is 258 g/mol. The Morgan fingerprint density at radius 1 is 1.39 bits per heavy atom. The molecule has 2 atom stereocenters. The first kappa shape index (κ1) is 13.7. The number of nitrogens with zero attached hydrogens (tertiary/aromatic N) is 2. The van der Waals surface area contributed by atoms with Crippen molar-refractivity contribution in [1.82, 2.24) is 9.80 Å². The van der Waals surface area contributed by atoms with Crippen molar-refractivity contribution in [3.63, 3.8) is 0 Å². The first-order valence-electron chi connectivity index (χ1n) is 6.52. The van der Waals surface area contributed by atoms with Gasteiger partial charge in [-0.05, 0) is 6.92 Å². The van der Waals surface area contributed by atoms with Crippen LogP contribution in [0.3, 0.4) is 0 Å². The van der Waals surface area contributed by atoms with E-state index in [2.05, 4.69) is 0 Å². The van der Waals surface area contributed by atoms with Crippen molar-refractivity contribution in [3.05, 3.63) is 0 Å². The van der Waals surface area contributed by atoms with Gasteiger partial charge in [0.15, 0.2) is 0 Å². The molecule has 2 fully saturated rings. The third kappa shape index (κ3) is 3.41. The van der Waals surface area contributed by atoms with Crippen LogP contribution < -0.4 is 0 Å². The molecule has 0 radical (unpaired) electrons. The Morgan fingerprint density at radius 3 is 2.94 bits per heavy atom. The molecular formula is C12H22N2O4. The number of amides is 1. The predicted molar refractivity (Wildman–Crippen MR) is 65.3 cm³/mol. The first-order valence-corrected chi connectivity index (χ1v) is 6.52. The summed E-state index contributed by atoms with van der Waals surface area (Å²) in [4.78, 5) is 16.0. The zero-order chi connectivity index (χ0) is 13.0. The van der Waals surface area contributed by atoms with Crippen molar-refractivity contribution in [2.75, 3.05) is 52.6 Å². The molecule has 0 aromatic heterocycles. The third-order valence-electron chi connectivity index (χ3n) is 3.49. The van der Waals surface area contributed by atoms with Gasteiger partial charge in [0.05, 0.1) is 45.1 Å². The molecule has 6 nitrogen and oxygen atoms in total. The molecule has 2 aliphatic heterocycles. The number of carbonyl (C=O) groups excluding carboxylic acids is 1. The molecule has 1 N–H and O–H groups in total. The molecule has 2 unspecified atom stereocenters. The Kier molecular flexibility index (Phi) is 4.94. The highest BCUT2D eigenvalue weighted by atomic mass is 16.5. The Hall–Kier alpha value is -0.690. The number of carbonyl (C=O) groups is 1. The molecule has 1 amide bonds. The normalized spacial score (nSPS) is 30.4. The quantitative estimate of drug-likeness (QED) is 0.698. The maximum absolute atomic E-state index is 12.2. The SMILES string of the molecule is CC1CN(C(=O)CN2CCOCC2CO)CCO1. The van der Waals surface area contributed by atoms with Crippen molar-refractivity contribution in [2.45, 2.75) is 19.1 Å². The Morgan fingerprint density at radius 2 is 2.22 bits per heavy atom. The first-order chi connectivity index (χ1) is 8.70. The minimum Gasteiger partial charge on any atom is -0.395 e. The van der Waals surface area contributed by atoms with Crippen LogP contribution in [0.15, 0.2) is 0 Å². The molecule has 104 valence electrons. The van der Waals surface area contributed by atoms with E-state index in [1.807, 2.05) is 16.7 Å². The Labute approximate surface area is 107 Å². The zero-order valence-electron chi connectivity index (χ0n) is 10.9. The van der Waals surface area contributed by atoms with Crippen LogP contribution in [0, 0.1) is 0 Å². The summed E-state index contributed by atoms with van der Waals surface area (Å²) < 4.78 is 10.7. The summed E-state index contributed by atoms with van der Waals surface area (Å²) in [5.41, 5.74) is 0. The maximum Gasteiger partial charge on any atom is 0.236 e. The van der Waals surface area contributed by atoms with Crippen molar-refractivity contribution in [3.8, 4) is 0 Å². The van der Waals surface area contributed by atoms with E-state index < -0.39 is 0 Å². The molecule has 2 saturated heterocycles. The molecule has 0 saturated carbocycles. The van der Waals surface area contributed by atoms with Gasteiger partial charge in [0.25, 0.3) is 0 Å². The highest BCUT2D eigenvalue weighted by molar-refractivity contribution is 5.78. The van der Waals surface area contributed by atoms with Gasteiger partial charge in [-0.15, -0.1) is 0 Å². The van der Waals surface area contributed by atoms with Gasteiger partial charge in [0.2, 0.25) is 5.91 Å². The fraction of sp³-hybridized carbons (Fsp3) is 0.917. The smallest absolute Gasteiger partial charge is 0.236 e. The van der Waals surface area contributed by atoms with Gasteiger partial charge < -0.3 is 19.5 Å². The lowest BCUT2D eigenvalue weighted by Crippen LogP contribution is -2.54. The second kappa shape index (κ2) is 6.47. The van der Waals surface area contributed by atoms with Crippen molar-refractivity contribution >= 4 is 5.91 Å². The number of ether oxygens (including phenoxy) is 2. The molecule has 2 heterocycles. The largest absolute Gasteiger partial charge is 0.395 e. The molecule has 18 heavy (non-hydrogen) atoms. The minimum atomic E-state index is -0.0545. The summed E-state index contributed by atoms with van der Waals surface area (Å²) in [6, 6.07) is -0.0545. The molecule has 0 bridgehead atoms. The minimum absolute atomic E-state index is 0.0345. The lowest BCUT2D eigenvalue weighted by molar-refractivity contribution is -0.142. The Balaban J connectivity index is 1.85. The van der Waals surface area contributed by atoms with Crippen LogP contribution in [-0.4, -0.2) is 85.6 Å². The standard InChI is InChI=1S/C12H22N2O4/c1-10-6-14(3-5-18-10)12(16)7-13-2-4-17-9-11(13)8-15/h10-11,15H,2-9H2,1H3. The van der Waals surface area contributed by atoms with Crippen LogP contribution in [0.4, 0.5) is 0 Å². The number of aliphatic hydroxyl groups excluding tert-OH is 1. The average Bonchev–Trinajstić information content (AvgIpc) is 2.39.